The summed E-state index contributed by atoms with van der Waals surface area (Å²) in [4.78, 5) is 26.0. The lowest BCUT2D eigenvalue weighted by atomic mass is 9.97. The molecular formula is C20H22N2O4S. The Morgan fingerprint density at radius 3 is 2.52 bits per heavy atom. The lowest BCUT2D eigenvalue weighted by Crippen LogP contribution is -2.29. The molecule has 1 fully saturated rings. The molecule has 0 spiro atoms. The first-order valence-corrected chi connectivity index (χ1v) is 10.6. The van der Waals surface area contributed by atoms with E-state index in [0.29, 0.717) is 24.2 Å². The Hall–Kier alpha value is -2.67. The third-order valence-electron chi connectivity index (χ3n) is 4.82. The zero-order valence-corrected chi connectivity index (χ0v) is 15.9. The van der Waals surface area contributed by atoms with Crippen LogP contribution >= 0.6 is 0 Å². The molecule has 0 aliphatic carbocycles. The Kier molecular flexibility index (Phi) is 5.32. The van der Waals surface area contributed by atoms with Crippen LogP contribution in [-0.4, -0.2) is 44.5 Å². The number of hydrogen-bond acceptors (Lipinski definition) is 4. The summed E-state index contributed by atoms with van der Waals surface area (Å²) >= 11 is 0. The van der Waals surface area contributed by atoms with E-state index in [1.165, 1.54) is 12.1 Å². The molecule has 1 saturated heterocycles. The predicted molar refractivity (Wildman–Crippen MR) is 102 cm³/mol. The lowest BCUT2D eigenvalue weighted by molar-refractivity contribution is 0.0786. The number of amides is 2. The van der Waals surface area contributed by atoms with Crippen molar-refractivity contribution in [1.29, 1.82) is 0 Å². The van der Waals surface area contributed by atoms with Crippen LogP contribution in [0.25, 0.3) is 0 Å². The molecule has 1 atom stereocenters. The highest BCUT2D eigenvalue weighted by Crippen LogP contribution is 2.23. The van der Waals surface area contributed by atoms with Crippen LogP contribution in [0.1, 0.15) is 32.7 Å². The van der Waals surface area contributed by atoms with Crippen molar-refractivity contribution < 1.29 is 18.0 Å². The van der Waals surface area contributed by atoms with Gasteiger partial charge in [0.1, 0.15) is 0 Å². The number of benzene rings is 2. The van der Waals surface area contributed by atoms with Gasteiger partial charge in [-0.1, -0.05) is 18.2 Å². The van der Waals surface area contributed by atoms with E-state index in [1.807, 2.05) is 12.1 Å². The Labute approximate surface area is 158 Å². The normalized spacial score (nSPS) is 17.1. The van der Waals surface area contributed by atoms with Gasteiger partial charge in [-0.25, -0.2) is 8.42 Å². The first-order chi connectivity index (χ1) is 12.7. The number of primary amides is 1. The minimum absolute atomic E-state index is 0.146. The van der Waals surface area contributed by atoms with Crippen molar-refractivity contribution in [2.45, 2.75) is 17.7 Å². The van der Waals surface area contributed by atoms with Crippen LogP contribution in [0.2, 0.25) is 0 Å². The minimum atomic E-state index is -3.35. The van der Waals surface area contributed by atoms with Crippen LogP contribution in [0.15, 0.2) is 53.4 Å². The maximum Gasteiger partial charge on any atom is 0.253 e. The third-order valence-corrected chi connectivity index (χ3v) is 5.93. The largest absolute Gasteiger partial charge is 0.366 e. The lowest BCUT2D eigenvalue weighted by Gasteiger charge is -2.17. The van der Waals surface area contributed by atoms with Gasteiger partial charge < -0.3 is 10.6 Å². The number of nitrogens with two attached hydrogens (primary N) is 1. The van der Waals surface area contributed by atoms with Gasteiger partial charge in [-0.2, -0.15) is 0 Å². The predicted octanol–water partition coefficient (Wildman–Crippen LogP) is 1.89. The SMILES string of the molecule is CS(=O)(=O)c1cccc(C(=O)N2CCC(Cc3cccc(C(N)=O)c3)C2)c1. The van der Waals surface area contributed by atoms with E-state index in [1.54, 1.807) is 29.2 Å². The summed E-state index contributed by atoms with van der Waals surface area (Å²) < 4.78 is 23.4. The van der Waals surface area contributed by atoms with E-state index in [2.05, 4.69) is 0 Å². The van der Waals surface area contributed by atoms with Crippen LogP contribution in [-0.2, 0) is 16.3 Å². The molecule has 2 aromatic carbocycles. The zero-order valence-electron chi connectivity index (χ0n) is 15.1. The molecule has 0 radical (unpaired) electrons. The summed E-state index contributed by atoms with van der Waals surface area (Å²) in [5, 5.41) is 0. The highest BCUT2D eigenvalue weighted by atomic mass is 32.2. The van der Waals surface area contributed by atoms with Crippen LogP contribution < -0.4 is 5.73 Å². The average Bonchev–Trinajstić information content (AvgIpc) is 3.09. The number of carbonyl (C=O) groups excluding carboxylic acids is 2. The molecule has 2 N–H and O–H groups in total. The fraction of sp³-hybridized carbons (Fsp3) is 0.300. The molecule has 2 amide bonds. The topological polar surface area (TPSA) is 97.5 Å². The highest BCUT2D eigenvalue weighted by Gasteiger charge is 2.27. The van der Waals surface area contributed by atoms with Crippen molar-refractivity contribution in [1.82, 2.24) is 4.90 Å². The fourth-order valence-electron chi connectivity index (χ4n) is 3.41. The quantitative estimate of drug-likeness (QED) is 0.848. The first kappa shape index (κ1) is 19.1. The molecule has 1 unspecified atom stereocenters. The number of sulfone groups is 1. The average molecular weight is 386 g/mol. The molecule has 142 valence electrons. The van der Waals surface area contributed by atoms with Crippen LogP contribution in [0, 0.1) is 5.92 Å². The van der Waals surface area contributed by atoms with Gasteiger partial charge in [0, 0.05) is 30.5 Å². The smallest absolute Gasteiger partial charge is 0.253 e. The van der Waals surface area contributed by atoms with Gasteiger partial charge in [0.15, 0.2) is 9.84 Å². The number of nitrogens with zero attached hydrogens (tertiary/aromatic N) is 1. The van der Waals surface area contributed by atoms with Crippen molar-refractivity contribution in [3.63, 3.8) is 0 Å². The zero-order chi connectivity index (χ0) is 19.6. The molecule has 3 rings (SSSR count). The van der Waals surface area contributed by atoms with Crippen molar-refractivity contribution in [2.75, 3.05) is 19.3 Å². The summed E-state index contributed by atoms with van der Waals surface area (Å²) in [5.74, 6) is -0.324. The van der Waals surface area contributed by atoms with Crippen LogP contribution in [0.5, 0.6) is 0 Å². The van der Waals surface area contributed by atoms with E-state index < -0.39 is 15.7 Å². The number of rotatable bonds is 5. The van der Waals surface area contributed by atoms with Crippen molar-refractivity contribution in [3.8, 4) is 0 Å². The number of carbonyl (C=O) groups is 2. The summed E-state index contributed by atoms with van der Waals surface area (Å²) in [6.45, 7) is 1.23. The Morgan fingerprint density at radius 2 is 1.81 bits per heavy atom. The van der Waals surface area contributed by atoms with Crippen molar-refractivity contribution >= 4 is 21.7 Å². The van der Waals surface area contributed by atoms with E-state index in [0.717, 1.165) is 24.7 Å². The van der Waals surface area contributed by atoms with Gasteiger partial charge in [-0.3, -0.25) is 9.59 Å². The molecule has 6 nitrogen and oxygen atoms in total. The van der Waals surface area contributed by atoms with Crippen molar-refractivity contribution in [2.24, 2.45) is 11.7 Å². The standard InChI is InChI=1S/C20H22N2O4S/c1-27(25,26)18-7-3-6-17(12-18)20(24)22-9-8-15(13-22)10-14-4-2-5-16(11-14)19(21)23/h2-7,11-12,15H,8-10,13H2,1H3,(H2,21,23). The maximum atomic E-state index is 12.7. The van der Waals surface area contributed by atoms with Gasteiger partial charge in [0.25, 0.3) is 5.91 Å². The van der Waals surface area contributed by atoms with Crippen LogP contribution in [0.4, 0.5) is 0 Å². The molecular weight excluding hydrogens is 364 g/mol. The summed E-state index contributed by atoms with van der Waals surface area (Å²) in [7, 11) is -3.35. The van der Waals surface area contributed by atoms with E-state index in [4.69, 9.17) is 5.73 Å². The minimum Gasteiger partial charge on any atom is -0.366 e. The van der Waals surface area contributed by atoms with Gasteiger partial charge in [0.2, 0.25) is 5.91 Å². The Morgan fingerprint density at radius 1 is 1.11 bits per heavy atom. The maximum absolute atomic E-state index is 12.7. The van der Waals surface area contributed by atoms with E-state index >= 15 is 0 Å². The first-order valence-electron chi connectivity index (χ1n) is 8.72. The summed E-state index contributed by atoms with van der Waals surface area (Å²) in [5.41, 5.74) is 7.21. The van der Waals surface area contributed by atoms with Crippen LogP contribution in [0.3, 0.4) is 0 Å². The molecule has 0 bridgehead atoms. The van der Waals surface area contributed by atoms with E-state index in [9.17, 15) is 18.0 Å². The van der Waals surface area contributed by atoms with Gasteiger partial charge in [-0.05, 0) is 54.7 Å². The Balaban J connectivity index is 1.68. The summed E-state index contributed by atoms with van der Waals surface area (Å²) in [6.07, 6.45) is 2.75. The monoisotopic (exact) mass is 386 g/mol. The highest BCUT2D eigenvalue weighted by molar-refractivity contribution is 7.90. The molecule has 1 aliphatic heterocycles. The van der Waals surface area contributed by atoms with E-state index in [-0.39, 0.29) is 16.7 Å². The second kappa shape index (κ2) is 7.52. The molecule has 27 heavy (non-hydrogen) atoms. The van der Waals surface area contributed by atoms with Gasteiger partial charge >= 0.3 is 0 Å². The van der Waals surface area contributed by atoms with Gasteiger partial charge in [0.05, 0.1) is 4.90 Å². The molecule has 2 aromatic rings. The Bertz CT molecular complexity index is 985. The third kappa shape index (κ3) is 4.54. The molecule has 1 heterocycles. The second-order valence-corrected chi connectivity index (χ2v) is 8.99. The number of likely N-dealkylation sites (tertiary alicyclic amines) is 1. The molecule has 7 heteroatoms. The summed E-state index contributed by atoms with van der Waals surface area (Å²) in [6, 6.07) is 13.4. The molecule has 0 saturated carbocycles. The molecule has 1 aliphatic rings. The second-order valence-electron chi connectivity index (χ2n) is 6.97. The fourth-order valence-corrected chi connectivity index (χ4v) is 4.08. The molecule has 0 aromatic heterocycles. The van der Waals surface area contributed by atoms with Crippen molar-refractivity contribution in [3.05, 3.63) is 65.2 Å². The number of hydrogen-bond donors (Lipinski definition) is 1. The van der Waals surface area contributed by atoms with Gasteiger partial charge in [-0.15, -0.1) is 0 Å².